The van der Waals surface area contributed by atoms with Crippen LogP contribution in [0.15, 0.2) is 36.4 Å². The lowest BCUT2D eigenvalue weighted by Crippen LogP contribution is -1.95. The third kappa shape index (κ3) is 3.63. The standard InChI is InChI=1S/C16H12Cl2O3/c1-9(19)13-5-3-11(7-15(13)17)21-12-4-6-14(10(2)20)16(18)8-12/h3-8H,1-2H3. The summed E-state index contributed by atoms with van der Waals surface area (Å²) in [6, 6.07) is 9.62. The fraction of sp³-hybridized carbons (Fsp3) is 0.125. The van der Waals surface area contributed by atoms with Gasteiger partial charge in [0.25, 0.3) is 0 Å². The number of carbonyl (C=O) groups excluding carboxylic acids is 2. The van der Waals surface area contributed by atoms with E-state index in [0.717, 1.165) is 0 Å². The molecule has 3 nitrogen and oxygen atoms in total. The molecule has 0 unspecified atom stereocenters. The molecule has 0 heterocycles. The number of rotatable bonds is 4. The second kappa shape index (κ2) is 6.29. The van der Waals surface area contributed by atoms with E-state index in [4.69, 9.17) is 27.9 Å². The van der Waals surface area contributed by atoms with Gasteiger partial charge in [0.1, 0.15) is 11.5 Å². The predicted molar refractivity (Wildman–Crippen MR) is 83.0 cm³/mol. The maximum Gasteiger partial charge on any atom is 0.161 e. The highest BCUT2D eigenvalue weighted by Gasteiger charge is 2.10. The molecule has 2 rings (SSSR count). The lowest BCUT2D eigenvalue weighted by Gasteiger charge is -2.09. The van der Waals surface area contributed by atoms with Gasteiger partial charge in [-0.1, -0.05) is 23.2 Å². The third-order valence-corrected chi connectivity index (χ3v) is 3.50. The predicted octanol–water partition coefficient (Wildman–Crippen LogP) is 5.19. The van der Waals surface area contributed by atoms with Gasteiger partial charge in [0.2, 0.25) is 0 Å². The first-order chi connectivity index (χ1) is 9.88. The Morgan fingerprint density at radius 2 is 1.19 bits per heavy atom. The van der Waals surface area contributed by atoms with Crippen molar-refractivity contribution in [3.63, 3.8) is 0 Å². The first-order valence-corrected chi connectivity index (χ1v) is 6.93. The van der Waals surface area contributed by atoms with E-state index in [9.17, 15) is 9.59 Å². The first kappa shape index (κ1) is 15.5. The highest BCUT2D eigenvalue weighted by atomic mass is 35.5. The minimum atomic E-state index is -0.111. The Labute approximate surface area is 132 Å². The molecule has 21 heavy (non-hydrogen) atoms. The molecule has 0 aliphatic rings. The quantitative estimate of drug-likeness (QED) is 0.727. The van der Waals surface area contributed by atoms with Crippen LogP contribution < -0.4 is 4.74 Å². The summed E-state index contributed by atoms with van der Waals surface area (Å²) in [7, 11) is 0. The molecule has 0 amide bonds. The second-order valence-electron chi connectivity index (χ2n) is 4.50. The van der Waals surface area contributed by atoms with E-state index in [1.54, 1.807) is 36.4 Å². The summed E-state index contributed by atoms with van der Waals surface area (Å²) in [6.07, 6.45) is 0. The fourth-order valence-electron chi connectivity index (χ4n) is 1.83. The van der Waals surface area contributed by atoms with Crippen molar-refractivity contribution in [3.8, 4) is 11.5 Å². The maximum absolute atomic E-state index is 11.3. The molecule has 0 spiro atoms. The molecule has 0 radical (unpaired) electrons. The van der Waals surface area contributed by atoms with E-state index >= 15 is 0 Å². The Balaban J connectivity index is 2.26. The van der Waals surface area contributed by atoms with Crippen LogP contribution in [-0.2, 0) is 0 Å². The van der Waals surface area contributed by atoms with Crippen molar-refractivity contribution < 1.29 is 14.3 Å². The van der Waals surface area contributed by atoms with E-state index in [0.29, 0.717) is 32.7 Å². The van der Waals surface area contributed by atoms with Crippen LogP contribution in [0.2, 0.25) is 10.0 Å². The Morgan fingerprint density at radius 1 is 0.810 bits per heavy atom. The van der Waals surface area contributed by atoms with Crippen molar-refractivity contribution in [2.24, 2.45) is 0 Å². The van der Waals surface area contributed by atoms with Gasteiger partial charge in [0, 0.05) is 23.3 Å². The van der Waals surface area contributed by atoms with E-state index < -0.39 is 0 Å². The first-order valence-electron chi connectivity index (χ1n) is 6.17. The summed E-state index contributed by atoms with van der Waals surface area (Å²) in [5.74, 6) is 0.745. The van der Waals surface area contributed by atoms with E-state index in [1.165, 1.54) is 13.8 Å². The van der Waals surface area contributed by atoms with Crippen LogP contribution in [-0.4, -0.2) is 11.6 Å². The number of hydrogen-bond donors (Lipinski definition) is 0. The Morgan fingerprint density at radius 3 is 1.48 bits per heavy atom. The Bertz CT molecular complexity index is 662. The summed E-state index contributed by atoms with van der Waals surface area (Å²) < 4.78 is 5.62. The summed E-state index contributed by atoms with van der Waals surface area (Å²) >= 11 is 12.0. The molecule has 0 fully saturated rings. The molecule has 0 aliphatic carbocycles. The van der Waals surface area contributed by atoms with Crippen molar-refractivity contribution in [1.29, 1.82) is 0 Å². The summed E-state index contributed by atoms with van der Waals surface area (Å²) in [5.41, 5.74) is 0.878. The van der Waals surface area contributed by atoms with Gasteiger partial charge in [-0.3, -0.25) is 9.59 Å². The molecule has 2 aromatic rings. The topological polar surface area (TPSA) is 43.4 Å². The number of benzene rings is 2. The van der Waals surface area contributed by atoms with Crippen molar-refractivity contribution in [2.75, 3.05) is 0 Å². The third-order valence-electron chi connectivity index (χ3n) is 2.88. The van der Waals surface area contributed by atoms with Crippen LogP contribution >= 0.6 is 23.2 Å². The molecule has 0 saturated carbocycles. The zero-order valence-corrected chi connectivity index (χ0v) is 13.0. The number of carbonyl (C=O) groups is 2. The Kier molecular flexibility index (Phi) is 4.66. The molecule has 0 N–H and O–H groups in total. The smallest absolute Gasteiger partial charge is 0.161 e. The summed E-state index contributed by atoms with van der Waals surface area (Å²) in [6.45, 7) is 2.89. The molecule has 0 bridgehead atoms. The SMILES string of the molecule is CC(=O)c1ccc(Oc2ccc(C(C)=O)c(Cl)c2)cc1Cl. The van der Waals surface area contributed by atoms with Gasteiger partial charge in [0.05, 0.1) is 10.0 Å². The number of Topliss-reactive ketones (excluding diaryl/α,β-unsaturated/α-hetero) is 2. The molecule has 2 aromatic carbocycles. The summed E-state index contributed by atoms with van der Waals surface area (Å²) in [4.78, 5) is 22.6. The largest absolute Gasteiger partial charge is 0.457 e. The minimum Gasteiger partial charge on any atom is -0.457 e. The molecule has 0 aliphatic heterocycles. The second-order valence-corrected chi connectivity index (χ2v) is 5.31. The highest BCUT2D eigenvalue weighted by molar-refractivity contribution is 6.34. The van der Waals surface area contributed by atoms with Gasteiger partial charge in [-0.05, 0) is 38.1 Å². The normalized spacial score (nSPS) is 10.3. The molecule has 108 valence electrons. The van der Waals surface area contributed by atoms with Crippen LogP contribution in [0.3, 0.4) is 0 Å². The average molecular weight is 323 g/mol. The van der Waals surface area contributed by atoms with Gasteiger partial charge >= 0.3 is 0 Å². The van der Waals surface area contributed by atoms with E-state index in [-0.39, 0.29) is 11.6 Å². The van der Waals surface area contributed by atoms with Crippen LogP contribution in [0.25, 0.3) is 0 Å². The van der Waals surface area contributed by atoms with Crippen molar-refractivity contribution >= 4 is 34.8 Å². The number of ether oxygens (including phenoxy) is 1. The molecular formula is C16H12Cl2O3. The number of halogens is 2. The minimum absolute atomic E-state index is 0.111. The van der Waals surface area contributed by atoms with Crippen LogP contribution in [0, 0.1) is 0 Å². The molecule has 0 atom stereocenters. The van der Waals surface area contributed by atoms with Gasteiger partial charge in [-0.25, -0.2) is 0 Å². The monoisotopic (exact) mass is 322 g/mol. The number of hydrogen-bond acceptors (Lipinski definition) is 3. The maximum atomic E-state index is 11.3. The Hall–Kier alpha value is -1.84. The molecule has 0 saturated heterocycles. The van der Waals surface area contributed by atoms with E-state index in [1.807, 2.05) is 0 Å². The average Bonchev–Trinajstić information content (AvgIpc) is 2.37. The zero-order valence-electron chi connectivity index (χ0n) is 11.4. The van der Waals surface area contributed by atoms with Gasteiger partial charge in [0.15, 0.2) is 11.6 Å². The lowest BCUT2D eigenvalue weighted by atomic mass is 10.1. The zero-order chi connectivity index (χ0) is 15.6. The molecule has 0 aromatic heterocycles. The number of ketones is 2. The van der Waals surface area contributed by atoms with Crippen LogP contribution in [0.1, 0.15) is 34.6 Å². The van der Waals surface area contributed by atoms with Gasteiger partial charge in [-0.2, -0.15) is 0 Å². The van der Waals surface area contributed by atoms with Crippen molar-refractivity contribution in [1.82, 2.24) is 0 Å². The van der Waals surface area contributed by atoms with Crippen molar-refractivity contribution in [2.45, 2.75) is 13.8 Å². The molecule has 5 heteroatoms. The summed E-state index contributed by atoms with van der Waals surface area (Å²) in [5, 5.41) is 0.651. The lowest BCUT2D eigenvalue weighted by molar-refractivity contribution is 0.100. The molecular weight excluding hydrogens is 311 g/mol. The fourth-order valence-corrected chi connectivity index (χ4v) is 2.43. The van der Waals surface area contributed by atoms with Crippen LogP contribution in [0.5, 0.6) is 11.5 Å². The van der Waals surface area contributed by atoms with E-state index in [2.05, 4.69) is 0 Å². The van der Waals surface area contributed by atoms with Gasteiger partial charge < -0.3 is 4.74 Å². The van der Waals surface area contributed by atoms with Gasteiger partial charge in [-0.15, -0.1) is 0 Å². The highest BCUT2D eigenvalue weighted by Crippen LogP contribution is 2.29. The van der Waals surface area contributed by atoms with Crippen LogP contribution in [0.4, 0.5) is 0 Å². The van der Waals surface area contributed by atoms with Crippen molar-refractivity contribution in [3.05, 3.63) is 57.6 Å².